The fraction of sp³-hybridized carbons (Fsp3) is 0.442. The molecule has 9 rings (SSSR count). The van der Waals surface area contributed by atoms with Gasteiger partial charge < -0.3 is 19.7 Å². The average molecular weight is 749 g/mol. The molecule has 5 aliphatic heterocycles. The molecule has 1 atom stereocenters. The number of aryl methyl sites for hydroxylation is 1. The molecule has 4 aromatic rings. The van der Waals surface area contributed by atoms with Crippen molar-refractivity contribution in [1.29, 1.82) is 0 Å². The van der Waals surface area contributed by atoms with Gasteiger partial charge in [-0.15, -0.1) is 0 Å². The highest BCUT2D eigenvalue weighted by molar-refractivity contribution is 6.05. The first-order valence-electron chi connectivity index (χ1n) is 19.7. The van der Waals surface area contributed by atoms with E-state index in [1.807, 2.05) is 35.2 Å². The van der Waals surface area contributed by atoms with Crippen LogP contribution in [0.3, 0.4) is 0 Å². The first kappa shape index (κ1) is 35.6. The molecule has 0 aliphatic carbocycles. The van der Waals surface area contributed by atoms with Crippen LogP contribution in [-0.4, -0.2) is 82.1 Å². The molecule has 55 heavy (non-hydrogen) atoms. The van der Waals surface area contributed by atoms with E-state index in [0.29, 0.717) is 70.0 Å². The van der Waals surface area contributed by atoms with Crippen molar-refractivity contribution < 1.29 is 28.0 Å². The number of para-hydroxylation sites is 1. The van der Waals surface area contributed by atoms with E-state index in [1.54, 1.807) is 4.90 Å². The number of H-pyrrole nitrogens is 1. The van der Waals surface area contributed by atoms with Gasteiger partial charge in [0.05, 0.1) is 6.54 Å². The zero-order chi connectivity index (χ0) is 38.0. The van der Waals surface area contributed by atoms with E-state index in [1.165, 1.54) is 12.1 Å². The summed E-state index contributed by atoms with van der Waals surface area (Å²) < 4.78 is 31.3. The Balaban J connectivity index is 0.790. The molecular weight excluding hydrogens is 703 g/mol. The van der Waals surface area contributed by atoms with Crippen molar-refractivity contribution in [3.63, 3.8) is 0 Å². The van der Waals surface area contributed by atoms with Gasteiger partial charge in [-0.3, -0.25) is 29.4 Å². The highest BCUT2D eigenvalue weighted by Gasteiger charge is 2.43. The summed E-state index contributed by atoms with van der Waals surface area (Å²) in [6, 6.07) is 14.3. The number of likely N-dealkylation sites (tertiary alicyclic amines) is 1. The lowest BCUT2D eigenvalue weighted by molar-refractivity contribution is -0.137. The van der Waals surface area contributed by atoms with Crippen LogP contribution in [0.25, 0.3) is 10.9 Å². The van der Waals surface area contributed by atoms with Crippen LogP contribution in [0.1, 0.15) is 89.3 Å². The summed E-state index contributed by atoms with van der Waals surface area (Å²) in [6.45, 7) is 6.66. The molecule has 3 aromatic carbocycles. The van der Waals surface area contributed by atoms with Crippen LogP contribution in [-0.2, 0) is 46.9 Å². The van der Waals surface area contributed by atoms with Gasteiger partial charge in [-0.1, -0.05) is 37.6 Å². The topological polar surface area (TPSA) is 109 Å². The molecule has 0 saturated carbocycles. The Morgan fingerprint density at radius 2 is 1.62 bits per heavy atom. The third-order valence-corrected chi connectivity index (χ3v) is 12.9. The van der Waals surface area contributed by atoms with Gasteiger partial charge in [0.1, 0.15) is 17.7 Å². The maximum atomic E-state index is 15.6. The fourth-order valence-electron chi connectivity index (χ4n) is 9.80. The van der Waals surface area contributed by atoms with E-state index < -0.39 is 23.6 Å². The van der Waals surface area contributed by atoms with Gasteiger partial charge in [0.2, 0.25) is 17.7 Å². The summed E-state index contributed by atoms with van der Waals surface area (Å²) in [4.78, 5) is 62.1. The number of anilines is 1. The van der Waals surface area contributed by atoms with Gasteiger partial charge >= 0.3 is 0 Å². The van der Waals surface area contributed by atoms with Crippen LogP contribution >= 0.6 is 0 Å². The maximum absolute atomic E-state index is 15.6. The molecule has 4 amide bonds. The van der Waals surface area contributed by atoms with Gasteiger partial charge in [-0.05, 0) is 84.0 Å². The zero-order valence-corrected chi connectivity index (χ0v) is 31.2. The Labute approximate surface area is 318 Å². The lowest BCUT2D eigenvalue weighted by atomic mass is 9.77. The second-order valence-corrected chi connectivity index (χ2v) is 16.3. The van der Waals surface area contributed by atoms with Crippen molar-refractivity contribution >= 4 is 40.2 Å². The average Bonchev–Trinajstić information content (AvgIpc) is 3.93. The van der Waals surface area contributed by atoms with Crippen molar-refractivity contribution in [3.8, 4) is 0 Å². The maximum Gasteiger partial charge on any atom is 0.255 e. The Hall–Kier alpha value is -5.10. The largest absolute Gasteiger partial charge is 0.371 e. The van der Waals surface area contributed by atoms with E-state index in [-0.39, 0.29) is 41.5 Å². The number of piperidine rings is 2. The number of nitrogens with zero attached hydrogens (tertiary/aromatic N) is 4. The molecule has 286 valence electrons. The number of halogens is 2. The van der Waals surface area contributed by atoms with Crippen LogP contribution in [0, 0.1) is 17.0 Å². The number of carbonyl (C=O) groups is 4. The minimum atomic E-state index is -0.642. The van der Waals surface area contributed by atoms with E-state index >= 15 is 8.78 Å². The molecule has 12 heteroatoms. The summed E-state index contributed by atoms with van der Waals surface area (Å²) >= 11 is 0. The van der Waals surface area contributed by atoms with Gasteiger partial charge in [-0.2, -0.15) is 0 Å². The van der Waals surface area contributed by atoms with Crippen LogP contribution in [0.5, 0.6) is 0 Å². The number of rotatable bonds is 8. The van der Waals surface area contributed by atoms with Crippen molar-refractivity contribution in [3.05, 3.63) is 99.2 Å². The number of carbonyl (C=O) groups excluding carboxylic acids is 4. The number of amides is 4. The first-order valence-corrected chi connectivity index (χ1v) is 19.7. The molecule has 1 unspecified atom stereocenters. The summed E-state index contributed by atoms with van der Waals surface area (Å²) in [5.41, 5.74) is 7.21. The summed E-state index contributed by atoms with van der Waals surface area (Å²) in [7, 11) is 0. The molecule has 10 nitrogen and oxygen atoms in total. The minimum absolute atomic E-state index is 0.00196. The lowest BCUT2D eigenvalue weighted by Crippen LogP contribution is -2.52. The molecule has 0 bridgehead atoms. The van der Waals surface area contributed by atoms with Crippen LogP contribution in [0.2, 0.25) is 0 Å². The number of imide groups is 1. The number of fused-ring (bicyclic) bond motifs is 3. The zero-order valence-electron chi connectivity index (χ0n) is 31.2. The SMILES string of the molecule is CCCc1c(Cc2c(F)cc(N3CCC4(CCN(C(=O)CN5Cc6cc7c(cc6C5)C(=O)N(C5CCC(=O)NC5=O)C7)C4)CC3)cc2F)[nH]c2ccccc12. The van der Waals surface area contributed by atoms with Crippen molar-refractivity contribution in [2.45, 2.75) is 84.0 Å². The predicted molar refractivity (Wildman–Crippen MR) is 203 cm³/mol. The smallest absolute Gasteiger partial charge is 0.255 e. The number of hydrogen-bond acceptors (Lipinski definition) is 6. The third-order valence-electron chi connectivity index (χ3n) is 12.9. The minimum Gasteiger partial charge on any atom is -0.371 e. The van der Waals surface area contributed by atoms with Gasteiger partial charge in [0, 0.05) is 92.1 Å². The van der Waals surface area contributed by atoms with Crippen LogP contribution in [0.4, 0.5) is 14.5 Å². The fourth-order valence-corrected chi connectivity index (χ4v) is 9.80. The van der Waals surface area contributed by atoms with Crippen molar-refractivity contribution in [2.24, 2.45) is 5.41 Å². The van der Waals surface area contributed by atoms with Crippen molar-refractivity contribution in [2.75, 3.05) is 37.6 Å². The summed E-state index contributed by atoms with van der Waals surface area (Å²) in [5, 5.41) is 3.46. The highest BCUT2D eigenvalue weighted by atomic mass is 19.1. The number of nitrogens with one attached hydrogen (secondary N) is 2. The second kappa shape index (κ2) is 13.9. The Kier molecular flexibility index (Phi) is 8.98. The predicted octanol–water partition coefficient (Wildman–Crippen LogP) is 5.59. The van der Waals surface area contributed by atoms with Gasteiger partial charge in [-0.25, -0.2) is 8.78 Å². The molecule has 0 radical (unpaired) electrons. The second-order valence-electron chi connectivity index (χ2n) is 16.3. The standard InChI is InChI=1S/C43H46F2N6O4/c1-2-5-30-31-6-3-4-7-36(31)46-37(30)20-33-34(44)18-29(19-35(33)45)49-13-10-43(11-14-49)12-15-50(25-43)40(53)24-48-21-26-16-28-23-51(38-8-9-39(52)47-41(38)54)42(55)32(28)17-27(26)22-48/h3-4,6-7,16-19,38,46H,2,5,8-15,20-25H2,1H3,(H,47,52,54). The van der Waals surface area contributed by atoms with Crippen molar-refractivity contribution in [1.82, 2.24) is 25.0 Å². The lowest BCUT2D eigenvalue weighted by Gasteiger charge is -2.40. The summed E-state index contributed by atoms with van der Waals surface area (Å²) in [5.74, 6) is -1.87. The molecular formula is C43H46F2N6O4. The molecule has 5 aliphatic rings. The molecule has 3 saturated heterocycles. The number of aromatic nitrogens is 1. The number of hydrogen-bond donors (Lipinski definition) is 2. The number of aromatic amines is 1. The summed E-state index contributed by atoms with van der Waals surface area (Å²) in [6.07, 6.45) is 5.12. The van der Waals surface area contributed by atoms with E-state index in [9.17, 15) is 19.2 Å². The third kappa shape index (κ3) is 6.47. The Morgan fingerprint density at radius 1 is 0.891 bits per heavy atom. The molecule has 2 N–H and O–H groups in total. The van der Waals surface area contributed by atoms with Crippen LogP contribution < -0.4 is 10.2 Å². The molecule has 1 spiro atoms. The van der Waals surface area contributed by atoms with E-state index in [0.717, 1.165) is 71.0 Å². The van der Waals surface area contributed by atoms with Gasteiger partial charge in [0.25, 0.3) is 5.91 Å². The normalized spacial score (nSPS) is 20.9. The Morgan fingerprint density at radius 3 is 2.36 bits per heavy atom. The quantitative estimate of drug-likeness (QED) is 0.228. The molecule has 3 fully saturated rings. The Bertz CT molecular complexity index is 2220. The number of benzene rings is 3. The van der Waals surface area contributed by atoms with Crippen LogP contribution in [0.15, 0.2) is 48.5 Å². The van der Waals surface area contributed by atoms with Gasteiger partial charge in [0.15, 0.2) is 0 Å². The molecule has 1 aromatic heterocycles. The monoisotopic (exact) mass is 748 g/mol. The van der Waals surface area contributed by atoms with E-state index in [4.69, 9.17) is 0 Å². The van der Waals surface area contributed by atoms with E-state index in [2.05, 4.69) is 33.1 Å². The highest BCUT2D eigenvalue weighted by Crippen LogP contribution is 2.42. The molecule has 6 heterocycles. The first-order chi connectivity index (χ1) is 26.6.